The molecule has 3 rings (SSSR count). The molecule has 0 spiro atoms. The molecule has 1 saturated carbocycles. The molecule has 5 heteroatoms. The molecule has 5 nitrogen and oxygen atoms in total. The van der Waals surface area contributed by atoms with Gasteiger partial charge in [-0.05, 0) is 36.7 Å². The highest BCUT2D eigenvalue weighted by Crippen LogP contribution is 2.28. The number of piperazine rings is 1. The van der Waals surface area contributed by atoms with Gasteiger partial charge in [-0.25, -0.2) is 0 Å². The number of rotatable bonds is 8. The highest BCUT2D eigenvalue weighted by molar-refractivity contribution is 5.98. The Morgan fingerprint density at radius 1 is 0.867 bits per heavy atom. The topological polar surface area (TPSA) is 57.7 Å². The Balaban J connectivity index is 1.39. The minimum atomic E-state index is 0.0164. The second kappa shape index (κ2) is 10.7. The number of ketones is 1. The van der Waals surface area contributed by atoms with Gasteiger partial charge in [0.15, 0.2) is 5.78 Å². The molecule has 1 aliphatic carbocycles. The predicted molar refractivity (Wildman–Crippen MR) is 118 cm³/mol. The third kappa shape index (κ3) is 6.41. The largest absolute Gasteiger partial charge is 0.339 e. The monoisotopic (exact) mass is 412 g/mol. The van der Waals surface area contributed by atoms with Crippen LogP contribution in [0.2, 0.25) is 0 Å². The summed E-state index contributed by atoms with van der Waals surface area (Å²) in [6.07, 6.45) is 7.01. The van der Waals surface area contributed by atoms with Gasteiger partial charge in [-0.15, -0.1) is 0 Å². The highest BCUT2D eigenvalue weighted by atomic mass is 16.2. The second-order valence-corrected chi connectivity index (χ2v) is 9.33. The van der Waals surface area contributed by atoms with E-state index in [1.54, 1.807) is 4.90 Å². The summed E-state index contributed by atoms with van der Waals surface area (Å²) in [5.41, 5.74) is 1.91. The van der Waals surface area contributed by atoms with Crippen LogP contribution in [0.1, 0.15) is 74.7 Å². The fraction of sp³-hybridized carbons (Fsp3) is 0.640. The van der Waals surface area contributed by atoms with E-state index in [0.717, 1.165) is 6.42 Å². The summed E-state index contributed by atoms with van der Waals surface area (Å²) in [5.74, 6) is 1.42. The molecule has 164 valence electrons. The van der Waals surface area contributed by atoms with Crippen molar-refractivity contribution >= 4 is 17.6 Å². The molecule has 0 N–H and O–H groups in total. The zero-order valence-corrected chi connectivity index (χ0v) is 18.6. The first-order valence-electron chi connectivity index (χ1n) is 11.6. The second-order valence-electron chi connectivity index (χ2n) is 9.33. The van der Waals surface area contributed by atoms with E-state index in [0.29, 0.717) is 50.0 Å². The van der Waals surface area contributed by atoms with Gasteiger partial charge in [-0.3, -0.25) is 14.4 Å². The maximum atomic E-state index is 12.5. The highest BCUT2D eigenvalue weighted by Gasteiger charge is 2.27. The zero-order valence-electron chi connectivity index (χ0n) is 18.6. The van der Waals surface area contributed by atoms with Gasteiger partial charge in [0.05, 0.1) is 0 Å². The summed E-state index contributed by atoms with van der Waals surface area (Å²) in [5, 5.41) is 0. The van der Waals surface area contributed by atoms with Crippen molar-refractivity contribution < 1.29 is 14.4 Å². The van der Waals surface area contributed by atoms with Crippen molar-refractivity contribution in [3.63, 3.8) is 0 Å². The van der Waals surface area contributed by atoms with Crippen LogP contribution in [0.15, 0.2) is 24.3 Å². The molecule has 1 saturated heterocycles. The number of Topliss-reactive ketones (excluding diaryl/α,β-unsaturated/α-hetero) is 1. The average Bonchev–Trinajstić information content (AvgIpc) is 3.25. The average molecular weight is 413 g/mol. The molecule has 2 fully saturated rings. The SMILES string of the molecule is CC(C)Cc1ccc(C(=O)CCC(=O)N2CCN(C(=O)CC3CCCC3)CC2)cc1. The summed E-state index contributed by atoms with van der Waals surface area (Å²) < 4.78 is 0. The Morgan fingerprint density at radius 2 is 1.43 bits per heavy atom. The van der Waals surface area contributed by atoms with Gasteiger partial charge in [0.1, 0.15) is 0 Å². The van der Waals surface area contributed by atoms with Crippen LogP contribution >= 0.6 is 0 Å². The van der Waals surface area contributed by atoms with E-state index in [4.69, 9.17) is 0 Å². The molecule has 0 atom stereocenters. The number of nitrogens with zero attached hydrogens (tertiary/aromatic N) is 2. The standard InChI is InChI=1S/C25H36N2O3/c1-19(2)17-21-7-9-22(10-8-21)23(28)11-12-24(29)26-13-15-27(16-14-26)25(30)18-20-5-3-4-6-20/h7-10,19-20H,3-6,11-18H2,1-2H3. The smallest absolute Gasteiger partial charge is 0.223 e. The molecule has 0 unspecified atom stereocenters. The molecule has 1 aromatic rings. The third-order valence-corrected chi connectivity index (χ3v) is 6.41. The summed E-state index contributed by atoms with van der Waals surface area (Å²) in [6.45, 7) is 6.73. The van der Waals surface area contributed by atoms with E-state index in [1.165, 1.54) is 31.2 Å². The molecule has 2 aliphatic rings. The lowest BCUT2D eigenvalue weighted by Crippen LogP contribution is -2.50. The molecular weight excluding hydrogens is 376 g/mol. The Hall–Kier alpha value is -2.17. The molecule has 30 heavy (non-hydrogen) atoms. The fourth-order valence-electron chi connectivity index (χ4n) is 4.62. The fourth-order valence-corrected chi connectivity index (χ4v) is 4.62. The van der Waals surface area contributed by atoms with Gasteiger partial charge in [0.25, 0.3) is 0 Å². The number of carbonyl (C=O) groups is 3. The lowest BCUT2D eigenvalue weighted by molar-refractivity contribution is -0.140. The number of hydrogen-bond donors (Lipinski definition) is 0. The van der Waals surface area contributed by atoms with Crippen molar-refractivity contribution in [3.8, 4) is 0 Å². The first-order chi connectivity index (χ1) is 14.4. The Labute approximate surface area is 180 Å². The van der Waals surface area contributed by atoms with Crippen molar-refractivity contribution in [1.82, 2.24) is 9.80 Å². The van der Waals surface area contributed by atoms with E-state index in [-0.39, 0.29) is 30.4 Å². The predicted octanol–water partition coefficient (Wildman–Crippen LogP) is 4.10. The van der Waals surface area contributed by atoms with Crippen molar-refractivity contribution in [2.45, 2.75) is 65.2 Å². The normalized spacial score (nSPS) is 17.6. The lowest BCUT2D eigenvalue weighted by atomic mass is 9.99. The van der Waals surface area contributed by atoms with Crippen LogP contribution in [0.25, 0.3) is 0 Å². The summed E-state index contributed by atoms with van der Waals surface area (Å²) in [7, 11) is 0. The van der Waals surface area contributed by atoms with E-state index in [9.17, 15) is 14.4 Å². The minimum absolute atomic E-state index is 0.0164. The molecule has 1 heterocycles. The number of carbonyl (C=O) groups excluding carboxylic acids is 3. The van der Waals surface area contributed by atoms with Crippen LogP contribution in [0, 0.1) is 11.8 Å². The van der Waals surface area contributed by atoms with E-state index in [1.807, 2.05) is 29.2 Å². The Morgan fingerprint density at radius 3 is 2.00 bits per heavy atom. The van der Waals surface area contributed by atoms with Crippen LogP contribution < -0.4 is 0 Å². The molecule has 0 radical (unpaired) electrons. The summed E-state index contributed by atoms with van der Waals surface area (Å²) in [6, 6.07) is 7.77. The third-order valence-electron chi connectivity index (χ3n) is 6.41. The van der Waals surface area contributed by atoms with Gasteiger partial charge in [0.2, 0.25) is 11.8 Å². The van der Waals surface area contributed by atoms with Crippen molar-refractivity contribution in [3.05, 3.63) is 35.4 Å². The molecule has 0 aromatic heterocycles. The number of benzene rings is 1. The minimum Gasteiger partial charge on any atom is -0.339 e. The van der Waals surface area contributed by atoms with Crippen LogP contribution in [-0.2, 0) is 16.0 Å². The first-order valence-corrected chi connectivity index (χ1v) is 11.6. The van der Waals surface area contributed by atoms with Gasteiger partial charge in [0, 0.05) is 51.0 Å². The van der Waals surface area contributed by atoms with Crippen LogP contribution in [0.4, 0.5) is 0 Å². The molecule has 0 bridgehead atoms. The quantitative estimate of drug-likeness (QED) is 0.604. The lowest BCUT2D eigenvalue weighted by Gasteiger charge is -2.35. The zero-order chi connectivity index (χ0) is 21.5. The van der Waals surface area contributed by atoms with Crippen molar-refractivity contribution in [2.24, 2.45) is 11.8 Å². The van der Waals surface area contributed by atoms with E-state index in [2.05, 4.69) is 13.8 Å². The van der Waals surface area contributed by atoms with Gasteiger partial charge in [-0.1, -0.05) is 51.0 Å². The van der Waals surface area contributed by atoms with Crippen molar-refractivity contribution in [1.29, 1.82) is 0 Å². The molecule has 2 amide bonds. The van der Waals surface area contributed by atoms with Gasteiger partial charge < -0.3 is 9.80 Å². The molecule has 1 aromatic carbocycles. The molecular formula is C25H36N2O3. The number of hydrogen-bond acceptors (Lipinski definition) is 3. The Bertz CT molecular complexity index is 727. The maximum absolute atomic E-state index is 12.5. The van der Waals surface area contributed by atoms with Crippen LogP contribution in [0.5, 0.6) is 0 Å². The molecule has 1 aliphatic heterocycles. The maximum Gasteiger partial charge on any atom is 0.223 e. The van der Waals surface area contributed by atoms with E-state index >= 15 is 0 Å². The first kappa shape index (κ1) is 22.5. The van der Waals surface area contributed by atoms with Crippen molar-refractivity contribution in [2.75, 3.05) is 26.2 Å². The Kier molecular flexibility index (Phi) is 8.06. The van der Waals surface area contributed by atoms with E-state index < -0.39 is 0 Å². The van der Waals surface area contributed by atoms with Crippen LogP contribution in [-0.4, -0.2) is 53.6 Å². The summed E-state index contributed by atoms with van der Waals surface area (Å²) in [4.78, 5) is 41.2. The van der Waals surface area contributed by atoms with Crippen LogP contribution in [0.3, 0.4) is 0 Å². The van der Waals surface area contributed by atoms with Gasteiger partial charge in [-0.2, -0.15) is 0 Å². The number of amides is 2. The summed E-state index contributed by atoms with van der Waals surface area (Å²) >= 11 is 0. The van der Waals surface area contributed by atoms with Gasteiger partial charge >= 0.3 is 0 Å².